The van der Waals surface area contributed by atoms with Gasteiger partial charge in [-0.1, -0.05) is 6.07 Å². The smallest absolute Gasteiger partial charge is 0.243 e. The van der Waals surface area contributed by atoms with E-state index in [1.165, 1.54) is 4.88 Å². The van der Waals surface area contributed by atoms with E-state index in [0.717, 1.165) is 51.4 Å². The van der Waals surface area contributed by atoms with E-state index < -0.39 is 0 Å². The number of aliphatic imine (C=N–C) groups is 1. The van der Waals surface area contributed by atoms with E-state index in [0.29, 0.717) is 6.42 Å². The number of hydrogen-bond acceptors (Lipinski definition) is 4. The van der Waals surface area contributed by atoms with Crippen LogP contribution in [-0.2, 0) is 16.0 Å². The lowest BCUT2D eigenvalue weighted by atomic mass is 9.79. The SMILES string of the molecule is CN(C)C(=O)CN=C(NCCc1cccs1)N1CCCC2(CNC(=O)C2)C1.I. The molecule has 7 nitrogen and oxygen atoms in total. The summed E-state index contributed by atoms with van der Waals surface area (Å²) in [5.74, 6) is 0.904. The van der Waals surface area contributed by atoms with Crippen LogP contribution in [0.1, 0.15) is 24.1 Å². The van der Waals surface area contributed by atoms with Crippen LogP contribution in [0.15, 0.2) is 22.5 Å². The number of rotatable bonds is 5. The van der Waals surface area contributed by atoms with E-state index in [4.69, 9.17) is 0 Å². The number of carbonyl (C=O) groups excluding carboxylic acids is 2. The van der Waals surface area contributed by atoms with Gasteiger partial charge in [-0.3, -0.25) is 9.59 Å². The molecule has 1 spiro atoms. The Balaban J connectivity index is 0.00000280. The van der Waals surface area contributed by atoms with Crippen LogP contribution in [0.4, 0.5) is 0 Å². The zero-order valence-electron chi connectivity index (χ0n) is 16.6. The van der Waals surface area contributed by atoms with Gasteiger partial charge in [0.15, 0.2) is 5.96 Å². The highest BCUT2D eigenvalue weighted by Gasteiger charge is 2.42. The molecule has 9 heteroatoms. The van der Waals surface area contributed by atoms with Crippen LogP contribution in [0.5, 0.6) is 0 Å². The average Bonchev–Trinajstić information content (AvgIpc) is 3.27. The van der Waals surface area contributed by atoms with Crippen LogP contribution in [0.25, 0.3) is 0 Å². The highest BCUT2D eigenvalue weighted by Crippen LogP contribution is 2.36. The van der Waals surface area contributed by atoms with Crippen molar-refractivity contribution < 1.29 is 9.59 Å². The molecule has 1 aromatic heterocycles. The number of halogens is 1. The van der Waals surface area contributed by atoms with Crippen molar-refractivity contribution >= 4 is 53.1 Å². The van der Waals surface area contributed by atoms with Crippen molar-refractivity contribution in [2.45, 2.75) is 25.7 Å². The summed E-state index contributed by atoms with van der Waals surface area (Å²) in [6.45, 7) is 3.34. The first kappa shape index (κ1) is 22.9. The van der Waals surface area contributed by atoms with Crippen molar-refractivity contribution in [2.24, 2.45) is 10.4 Å². The first-order valence-electron chi connectivity index (χ1n) is 9.50. The fraction of sp³-hybridized carbons (Fsp3) is 0.632. The predicted molar refractivity (Wildman–Crippen MR) is 123 cm³/mol. The van der Waals surface area contributed by atoms with Gasteiger partial charge in [0.25, 0.3) is 0 Å². The highest BCUT2D eigenvalue weighted by molar-refractivity contribution is 14.0. The van der Waals surface area contributed by atoms with Crippen molar-refractivity contribution in [1.82, 2.24) is 20.4 Å². The molecular formula is C19H30IN5O2S. The van der Waals surface area contributed by atoms with Crippen LogP contribution in [0.3, 0.4) is 0 Å². The Kier molecular flexibility index (Phi) is 8.54. The third-order valence-electron chi connectivity index (χ3n) is 5.25. The molecular weight excluding hydrogens is 489 g/mol. The van der Waals surface area contributed by atoms with Crippen LogP contribution >= 0.6 is 35.3 Å². The molecule has 0 saturated carbocycles. The maximum atomic E-state index is 12.0. The molecule has 2 amide bonds. The minimum absolute atomic E-state index is 0. The standard InChI is InChI=1S/C19H29N5O2S.HI/c1-23(2)17(26)12-21-18(20-8-6-15-5-3-10-27-15)24-9-4-7-19(14-24)11-16(25)22-13-19;/h3,5,10H,4,6-9,11-14H2,1-2H3,(H,20,21)(H,22,25);1H. The number of likely N-dealkylation sites (tertiary alicyclic amines) is 1. The lowest BCUT2D eigenvalue weighted by molar-refractivity contribution is -0.127. The second-order valence-corrected chi connectivity index (χ2v) is 8.70. The van der Waals surface area contributed by atoms with Gasteiger partial charge in [-0.15, -0.1) is 35.3 Å². The number of piperidine rings is 1. The van der Waals surface area contributed by atoms with Crippen LogP contribution in [0.2, 0.25) is 0 Å². The maximum Gasteiger partial charge on any atom is 0.243 e. The van der Waals surface area contributed by atoms with Gasteiger partial charge >= 0.3 is 0 Å². The second-order valence-electron chi connectivity index (χ2n) is 7.66. The van der Waals surface area contributed by atoms with Gasteiger partial charge in [-0.25, -0.2) is 4.99 Å². The fourth-order valence-corrected chi connectivity index (χ4v) is 4.44. The third-order valence-corrected chi connectivity index (χ3v) is 6.19. The predicted octanol–water partition coefficient (Wildman–Crippen LogP) is 1.54. The molecule has 0 bridgehead atoms. The molecule has 3 rings (SSSR count). The van der Waals surface area contributed by atoms with Gasteiger partial charge in [0.1, 0.15) is 6.54 Å². The molecule has 2 aliphatic heterocycles. The van der Waals surface area contributed by atoms with E-state index in [1.54, 1.807) is 30.3 Å². The summed E-state index contributed by atoms with van der Waals surface area (Å²) in [4.78, 5) is 33.5. The quantitative estimate of drug-likeness (QED) is 0.352. The van der Waals surface area contributed by atoms with Crippen LogP contribution in [-0.4, -0.2) is 74.4 Å². The van der Waals surface area contributed by atoms with Gasteiger partial charge in [-0.2, -0.15) is 0 Å². The first-order chi connectivity index (χ1) is 13.0. The molecule has 0 aliphatic carbocycles. The maximum absolute atomic E-state index is 12.0. The van der Waals surface area contributed by atoms with E-state index in [1.807, 2.05) is 0 Å². The molecule has 28 heavy (non-hydrogen) atoms. The second kappa shape index (κ2) is 10.4. The summed E-state index contributed by atoms with van der Waals surface area (Å²) < 4.78 is 0. The summed E-state index contributed by atoms with van der Waals surface area (Å²) in [6, 6.07) is 4.19. The summed E-state index contributed by atoms with van der Waals surface area (Å²) >= 11 is 1.75. The van der Waals surface area contributed by atoms with E-state index >= 15 is 0 Å². The highest BCUT2D eigenvalue weighted by atomic mass is 127. The fourth-order valence-electron chi connectivity index (χ4n) is 3.73. The molecule has 2 N–H and O–H groups in total. The molecule has 3 heterocycles. The number of likely N-dealkylation sites (N-methyl/N-ethyl adjacent to an activating group) is 1. The van der Waals surface area contributed by atoms with Gasteiger partial charge < -0.3 is 20.4 Å². The Labute approximate surface area is 188 Å². The largest absolute Gasteiger partial charge is 0.356 e. The van der Waals surface area contributed by atoms with Gasteiger partial charge in [0.2, 0.25) is 11.8 Å². The van der Waals surface area contributed by atoms with Crippen molar-refractivity contribution in [1.29, 1.82) is 0 Å². The number of nitrogens with one attached hydrogen (secondary N) is 2. The summed E-state index contributed by atoms with van der Waals surface area (Å²) in [7, 11) is 3.49. The number of hydrogen-bond donors (Lipinski definition) is 2. The Bertz CT molecular complexity index is 695. The van der Waals surface area contributed by atoms with Gasteiger partial charge in [-0.05, 0) is 30.7 Å². The van der Waals surface area contributed by atoms with E-state index in [2.05, 4.69) is 38.0 Å². The third kappa shape index (κ3) is 6.07. The zero-order valence-corrected chi connectivity index (χ0v) is 19.7. The Morgan fingerprint density at radius 1 is 1.46 bits per heavy atom. The molecule has 2 aliphatic rings. The Hall–Kier alpha value is -1.36. The van der Waals surface area contributed by atoms with Gasteiger partial charge in [0, 0.05) is 57.0 Å². The summed E-state index contributed by atoms with van der Waals surface area (Å²) in [6.07, 6.45) is 3.60. The van der Waals surface area contributed by atoms with Crippen molar-refractivity contribution in [3.63, 3.8) is 0 Å². The van der Waals surface area contributed by atoms with E-state index in [-0.39, 0.29) is 47.8 Å². The summed E-state index contributed by atoms with van der Waals surface area (Å²) in [5.41, 5.74) is -0.00288. The van der Waals surface area contributed by atoms with Crippen LogP contribution in [0, 0.1) is 5.41 Å². The zero-order chi connectivity index (χ0) is 19.3. The van der Waals surface area contributed by atoms with Crippen molar-refractivity contribution in [3.8, 4) is 0 Å². The minimum atomic E-state index is -0.0167. The lowest BCUT2D eigenvalue weighted by Gasteiger charge is -2.40. The molecule has 2 fully saturated rings. The number of thiophene rings is 1. The molecule has 1 unspecified atom stereocenters. The minimum Gasteiger partial charge on any atom is -0.356 e. The van der Waals surface area contributed by atoms with Gasteiger partial charge in [0.05, 0.1) is 0 Å². The normalized spacial score (nSPS) is 22.0. The lowest BCUT2D eigenvalue weighted by Crippen LogP contribution is -2.51. The number of guanidine groups is 1. The topological polar surface area (TPSA) is 77.0 Å². The molecule has 1 aromatic rings. The van der Waals surface area contributed by atoms with Crippen molar-refractivity contribution in [2.75, 3.05) is 46.8 Å². The molecule has 0 aromatic carbocycles. The Morgan fingerprint density at radius 2 is 2.29 bits per heavy atom. The first-order valence-corrected chi connectivity index (χ1v) is 10.4. The summed E-state index contributed by atoms with van der Waals surface area (Å²) in [5, 5.41) is 8.51. The van der Waals surface area contributed by atoms with E-state index in [9.17, 15) is 9.59 Å². The number of carbonyl (C=O) groups is 2. The number of amides is 2. The Morgan fingerprint density at radius 3 is 2.93 bits per heavy atom. The van der Waals surface area contributed by atoms with Crippen molar-refractivity contribution in [3.05, 3.63) is 22.4 Å². The molecule has 1 atom stereocenters. The average molecular weight is 519 g/mol. The molecule has 0 radical (unpaired) electrons. The number of nitrogens with zero attached hydrogens (tertiary/aromatic N) is 3. The molecule has 156 valence electrons. The molecule has 2 saturated heterocycles. The van der Waals surface area contributed by atoms with Crippen LogP contribution < -0.4 is 10.6 Å². The monoisotopic (exact) mass is 519 g/mol.